The third-order valence-corrected chi connectivity index (χ3v) is 2.37. The molecule has 0 saturated carbocycles. The molecule has 1 atom stereocenters. The van der Waals surface area contributed by atoms with Gasteiger partial charge in [0, 0.05) is 6.20 Å². The zero-order valence-corrected chi connectivity index (χ0v) is 8.97. The van der Waals surface area contributed by atoms with Crippen LogP contribution in [0.5, 0.6) is 0 Å². The Morgan fingerprint density at radius 1 is 1.00 bits per heavy atom. The first-order valence-corrected chi connectivity index (χ1v) is 5.04. The van der Waals surface area contributed by atoms with Crippen LogP contribution >= 0.6 is 12.9 Å². The SMILES string of the molecule is SOC(c1ccccc1)c1ccccn1. The predicted molar refractivity (Wildman–Crippen MR) is 62.6 cm³/mol. The average molecular weight is 217 g/mol. The molecular weight excluding hydrogens is 206 g/mol. The summed E-state index contributed by atoms with van der Waals surface area (Å²) in [5, 5.41) is 0. The molecule has 0 aliphatic rings. The molecular formula is C12H11NOS. The van der Waals surface area contributed by atoms with E-state index in [4.69, 9.17) is 4.18 Å². The molecule has 2 nitrogen and oxygen atoms in total. The molecule has 0 aliphatic carbocycles. The predicted octanol–water partition coefficient (Wildman–Crippen LogP) is 3.03. The molecule has 0 spiro atoms. The molecule has 0 saturated heterocycles. The molecule has 0 radical (unpaired) electrons. The van der Waals surface area contributed by atoms with Crippen molar-refractivity contribution in [3.63, 3.8) is 0 Å². The van der Waals surface area contributed by atoms with Crippen molar-refractivity contribution >= 4 is 12.9 Å². The summed E-state index contributed by atoms with van der Waals surface area (Å²) < 4.78 is 5.15. The summed E-state index contributed by atoms with van der Waals surface area (Å²) in [7, 11) is 0. The standard InChI is InChI=1S/C12H11NOS/c15-14-12(10-6-2-1-3-7-10)11-8-4-5-9-13-11/h1-9,12,15H. The Hall–Kier alpha value is -1.32. The van der Waals surface area contributed by atoms with E-state index in [1.165, 1.54) is 0 Å². The molecule has 0 aliphatic heterocycles. The fourth-order valence-electron chi connectivity index (χ4n) is 1.44. The summed E-state index contributed by atoms with van der Waals surface area (Å²) in [6.45, 7) is 0. The van der Waals surface area contributed by atoms with Gasteiger partial charge < -0.3 is 4.18 Å². The highest BCUT2D eigenvalue weighted by atomic mass is 32.1. The molecule has 1 unspecified atom stereocenters. The van der Waals surface area contributed by atoms with Gasteiger partial charge in [0.05, 0.1) is 5.69 Å². The Bertz CT molecular complexity index is 365. The van der Waals surface area contributed by atoms with E-state index < -0.39 is 0 Å². The molecule has 0 bridgehead atoms. The minimum atomic E-state index is -0.212. The van der Waals surface area contributed by atoms with Crippen LogP contribution in [0.2, 0.25) is 0 Å². The molecule has 1 aromatic carbocycles. The van der Waals surface area contributed by atoms with Crippen LogP contribution in [0.4, 0.5) is 0 Å². The largest absolute Gasteiger partial charge is 0.304 e. The van der Waals surface area contributed by atoms with Crippen molar-refractivity contribution in [3.05, 3.63) is 66.0 Å². The van der Waals surface area contributed by atoms with Crippen molar-refractivity contribution in [2.75, 3.05) is 0 Å². The van der Waals surface area contributed by atoms with Gasteiger partial charge in [-0.25, -0.2) is 0 Å². The maximum absolute atomic E-state index is 5.15. The Kier molecular flexibility index (Phi) is 3.37. The summed E-state index contributed by atoms with van der Waals surface area (Å²) in [6, 6.07) is 15.6. The van der Waals surface area contributed by atoms with Crippen molar-refractivity contribution in [2.24, 2.45) is 0 Å². The van der Waals surface area contributed by atoms with E-state index in [2.05, 4.69) is 17.9 Å². The van der Waals surface area contributed by atoms with Crippen molar-refractivity contribution in [3.8, 4) is 0 Å². The van der Waals surface area contributed by atoms with Crippen LogP contribution in [0.1, 0.15) is 17.4 Å². The van der Waals surface area contributed by atoms with Crippen molar-refractivity contribution in [1.29, 1.82) is 0 Å². The van der Waals surface area contributed by atoms with Crippen LogP contribution in [-0.4, -0.2) is 4.98 Å². The zero-order chi connectivity index (χ0) is 10.5. The minimum absolute atomic E-state index is 0.212. The first-order valence-electron chi connectivity index (χ1n) is 4.68. The fraction of sp³-hybridized carbons (Fsp3) is 0.0833. The van der Waals surface area contributed by atoms with Gasteiger partial charge >= 0.3 is 0 Å². The second kappa shape index (κ2) is 4.96. The third kappa shape index (κ3) is 2.37. The normalized spacial score (nSPS) is 12.3. The number of hydrogen-bond donors (Lipinski definition) is 1. The highest BCUT2D eigenvalue weighted by molar-refractivity contribution is 7.75. The number of nitrogens with zero attached hydrogens (tertiary/aromatic N) is 1. The summed E-state index contributed by atoms with van der Waals surface area (Å²) in [4.78, 5) is 4.25. The number of rotatable bonds is 3. The lowest BCUT2D eigenvalue weighted by Crippen LogP contribution is -2.02. The number of hydrogen-bond acceptors (Lipinski definition) is 3. The molecule has 0 fully saturated rings. The molecule has 2 aromatic rings. The maximum atomic E-state index is 5.15. The van der Waals surface area contributed by atoms with E-state index in [-0.39, 0.29) is 6.10 Å². The van der Waals surface area contributed by atoms with Crippen LogP contribution in [0, 0.1) is 0 Å². The molecule has 3 heteroatoms. The van der Waals surface area contributed by atoms with Crippen molar-refractivity contribution < 1.29 is 4.18 Å². The molecule has 76 valence electrons. The van der Waals surface area contributed by atoms with Crippen molar-refractivity contribution in [1.82, 2.24) is 4.98 Å². The summed E-state index contributed by atoms with van der Waals surface area (Å²) in [5.74, 6) is 0. The Morgan fingerprint density at radius 3 is 2.33 bits per heavy atom. The number of pyridine rings is 1. The van der Waals surface area contributed by atoms with Crippen LogP contribution in [-0.2, 0) is 4.18 Å². The Balaban J connectivity index is 2.34. The number of benzene rings is 1. The van der Waals surface area contributed by atoms with Gasteiger partial charge in [-0.1, -0.05) is 36.4 Å². The molecule has 2 rings (SSSR count). The quantitative estimate of drug-likeness (QED) is 0.630. The molecule has 0 amide bonds. The van der Waals surface area contributed by atoms with E-state index in [9.17, 15) is 0 Å². The maximum Gasteiger partial charge on any atom is 0.139 e. The number of aromatic nitrogens is 1. The van der Waals surface area contributed by atoms with Gasteiger partial charge in [0.2, 0.25) is 0 Å². The lowest BCUT2D eigenvalue weighted by molar-refractivity contribution is 0.296. The highest BCUT2D eigenvalue weighted by Crippen LogP contribution is 2.24. The van der Waals surface area contributed by atoms with Gasteiger partial charge in [0.25, 0.3) is 0 Å². The average Bonchev–Trinajstić information content (AvgIpc) is 2.33. The van der Waals surface area contributed by atoms with E-state index in [1.807, 2.05) is 48.5 Å². The van der Waals surface area contributed by atoms with Crippen LogP contribution in [0.3, 0.4) is 0 Å². The molecule has 0 N–H and O–H groups in total. The first-order chi connectivity index (χ1) is 7.42. The van der Waals surface area contributed by atoms with Crippen LogP contribution in [0.15, 0.2) is 54.7 Å². The monoisotopic (exact) mass is 217 g/mol. The van der Waals surface area contributed by atoms with E-state index in [0.29, 0.717) is 0 Å². The summed E-state index contributed by atoms with van der Waals surface area (Å²) in [5.41, 5.74) is 1.91. The highest BCUT2D eigenvalue weighted by Gasteiger charge is 2.13. The summed E-state index contributed by atoms with van der Waals surface area (Å²) in [6.07, 6.45) is 1.54. The van der Waals surface area contributed by atoms with Crippen molar-refractivity contribution in [2.45, 2.75) is 6.10 Å². The van der Waals surface area contributed by atoms with Crippen LogP contribution in [0.25, 0.3) is 0 Å². The second-order valence-electron chi connectivity index (χ2n) is 3.15. The lowest BCUT2D eigenvalue weighted by Gasteiger charge is -2.13. The van der Waals surface area contributed by atoms with Gasteiger partial charge in [-0.3, -0.25) is 4.98 Å². The zero-order valence-electron chi connectivity index (χ0n) is 8.08. The lowest BCUT2D eigenvalue weighted by atomic mass is 10.1. The second-order valence-corrected chi connectivity index (χ2v) is 3.36. The van der Waals surface area contributed by atoms with Gasteiger partial charge in [-0.15, -0.1) is 0 Å². The third-order valence-electron chi connectivity index (χ3n) is 2.16. The minimum Gasteiger partial charge on any atom is -0.304 e. The fourth-order valence-corrected chi connectivity index (χ4v) is 1.67. The van der Waals surface area contributed by atoms with E-state index in [1.54, 1.807) is 6.20 Å². The van der Waals surface area contributed by atoms with E-state index in [0.717, 1.165) is 11.3 Å². The smallest absolute Gasteiger partial charge is 0.139 e. The Labute approximate surface area is 94.6 Å². The summed E-state index contributed by atoms with van der Waals surface area (Å²) >= 11 is 3.90. The van der Waals surface area contributed by atoms with Gasteiger partial charge in [-0.2, -0.15) is 0 Å². The van der Waals surface area contributed by atoms with Gasteiger partial charge in [0.1, 0.15) is 6.10 Å². The van der Waals surface area contributed by atoms with Gasteiger partial charge in [-0.05, 0) is 30.6 Å². The molecule has 1 heterocycles. The topological polar surface area (TPSA) is 22.1 Å². The number of thiol groups is 1. The first kappa shape index (κ1) is 10.2. The molecule has 1 aromatic heterocycles. The van der Waals surface area contributed by atoms with Crippen LogP contribution < -0.4 is 0 Å². The van der Waals surface area contributed by atoms with E-state index >= 15 is 0 Å². The van der Waals surface area contributed by atoms with Gasteiger partial charge in [0.15, 0.2) is 0 Å². The molecule has 15 heavy (non-hydrogen) atoms. The Morgan fingerprint density at radius 2 is 1.73 bits per heavy atom.